The number of rotatable bonds is 2. The van der Waals surface area contributed by atoms with Crippen LogP contribution in [-0.2, 0) is 5.88 Å². The zero-order valence-corrected chi connectivity index (χ0v) is 12.1. The Bertz CT molecular complexity index is 793. The Morgan fingerprint density at radius 3 is 2.70 bits per heavy atom. The fourth-order valence-corrected chi connectivity index (χ4v) is 2.71. The second-order valence-electron chi connectivity index (χ2n) is 4.89. The molecule has 0 aliphatic carbocycles. The third-order valence-corrected chi connectivity index (χ3v) is 3.66. The number of imidazole rings is 1. The summed E-state index contributed by atoms with van der Waals surface area (Å²) in [5.74, 6) is 0.567. The molecule has 0 spiro atoms. The summed E-state index contributed by atoms with van der Waals surface area (Å²) < 4.78 is 15.8. The second-order valence-corrected chi connectivity index (χ2v) is 5.16. The van der Waals surface area contributed by atoms with Gasteiger partial charge in [0.15, 0.2) is 5.82 Å². The monoisotopic (exact) mass is 288 g/mol. The Kier molecular flexibility index (Phi) is 3.22. The van der Waals surface area contributed by atoms with Gasteiger partial charge in [-0.3, -0.25) is 4.57 Å². The number of aromatic nitrogens is 2. The first kappa shape index (κ1) is 13.1. The number of aryl methyl sites for hydroxylation is 2. The van der Waals surface area contributed by atoms with Gasteiger partial charge < -0.3 is 0 Å². The van der Waals surface area contributed by atoms with E-state index in [1.165, 1.54) is 11.6 Å². The molecular formula is C16H14ClFN2. The van der Waals surface area contributed by atoms with Gasteiger partial charge in [0.1, 0.15) is 11.3 Å². The van der Waals surface area contributed by atoms with E-state index in [2.05, 4.69) is 11.1 Å². The highest BCUT2D eigenvalue weighted by Crippen LogP contribution is 2.26. The third kappa shape index (κ3) is 1.98. The van der Waals surface area contributed by atoms with Crippen LogP contribution in [0.3, 0.4) is 0 Å². The minimum absolute atomic E-state index is 0.238. The summed E-state index contributed by atoms with van der Waals surface area (Å²) >= 11 is 5.98. The highest BCUT2D eigenvalue weighted by atomic mass is 35.5. The number of para-hydroxylation sites is 1. The summed E-state index contributed by atoms with van der Waals surface area (Å²) in [6.07, 6.45) is 0. The van der Waals surface area contributed by atoms with Crippen LogP contribution in [0.15, 0.2) is 36.4 Å². The number of fused-ring (bicyclic) bond motifs is 1. The van der Waals surface area contributed by atoms with E-state index in [-0.39, 0.29) is 11.7 Å². The molecule has 2 nitrogen and oxygen atoms in total. The van der Waals surface area contributed by atoms with Gasteiger partial charge >= 0.3 is 0 Å². The third-order valence-electron chi connectivity index (χ3n) is 3.42. The van der Waals surface area contributed by atoms with Crippen LogP contribution in [0.5, 0.6) is 0 Å². The van der Waals surface area contributed by atoms with Gasteiger partial charge in [0.25, 0.3) is 0 Å². The molecule has 0 amide bonds. The summed E-state index contributed by atoms with van der Waals surface area (Å²) in [6, 6.07) is 11.1. The molecule has 0 fully saturated rings. The van der Waals surface area contributed by atoms with E-state index in [1.54, 1.807) is 6.07 Å². The lowest BCUT2D eigenvalue weighted by atomic mass is 10.1. The summed E-state index contributed by atoms with van der Waals surface area (Å²) in [5.41, 5.74) is 4.39. The summed E-state index contributed by atoms with van der Waals surface area (Å²) in [5, 5.41) is 0. The van der Waals surface area contributed by atoms with Gasteiger partial charge in [-0.2, -0.15) is 0 Å². The molecule has 3 rings (SSSR count). The Morgan fingerprint density at radius 2 is 2.00 bits per heavy atom. The van der Waals surface area contributed by atoms with Crippen molar-refractivity contribution in [3.05, 3.63) is 59.2 Å². The summed E-state index contributed by atoms with van der Waals surface area (Å²) in [4.78, 5) is 4.33. The van der Waals surface area contributed by atoms with E-state index < -0.39 is 0 Å². The Balaban J connectivity index is 2.37. The molecule has 1 aromatic heterocycles. The predicted molar refractivity (Wildman–Crippen MR) is 80.1 cm³/mol. The first-order valence-corrected chi connectivity index (χ1v) is 6.94. The number of nitrogens with zero attached hydrogens (tertiary/aromatic N) is 2. The Hall–Kier alpha value is -1.87. The summed E-state index contributed by atoms with van der Waals surface area (Å²) in [6.45, 7) is 4.08. The first-order chi connectivity index (χ1) is 9.61. The van der Waals surface area contributed by atoms with Gasteiger partial charge in [0, 0.05) is 0 Å². The molecule has 0 atom stereocenters. The molecule has 0 aliphatic rings. The van der Waals surface area contributed by atoms with Crippen LogP contribution >= 0.6 is 11.6 Å². The normalized spacial score (nSPS) is 11.2. The minimum atomic E-state index is -0.322. The number of benzene rings is 2. The molecule has 3 aromatic rings. The van der Waals surface area contributed by atoms with Gasteiger partial charge in [-0.15, -0.1) is 11.6 Å². The van der Waals surface area contributed by atoms with Crippen molar-refractivity contribution in [2.45, 2.75) is 19.7 Å². The SMILES string of the molecule is Cc1ccc(-n2c(CCl)nc3c(F)cccc32)c(C)c1. The van der Waals surface area contributed by atoms with E-state index in [9.17, 15) is 4.39 Å². The van der Waals surface area contributed by atoms with Crippen LogP contribution in [0.25, 0.3) is 16.7 Å². The molecule has 0 bridgehead atoms. The predicted octanol–water partition coefficient (Wildman–Crippen LogP) is 4.52. The van der Waals surface area contributed by atoms with Crippen LogP contribution in [0.2, 0.25) is 0 Å². The van der Waals surface area contributed by atoms with Crippen LogP contribution in [-0.4, -0.2) is 9.55 Å². The lowest BCUT2D eigenvalue weighted by Gasteiger charge is -2.11. The van der Waals surface area contributed by atoms with E-state index in [4.69, 9.17) is 11.6 Å². The molecule has 2 aromatic carbocycles. The van der Waals surface area contributed by atoms with Crippen molar-refractivity contribution >= 4 is 22.6 Å². The second kappa shape index (κ2) is 4.91. The molecule has 0 saturated heterocycles. The van der Waals surface area contributed by atoms with Crippen molar-refractivity contribution in [3.8, 4) is 5.69 Å². The average Bonchev–Trinajstić information content (AvgIpc) is 2.79. The minimum Gasteiger partial charge on any atom is -0.295 e. The molecule has 1 heterocycles. The van der Waals surface area contributed by atoms with Gasteiger partial charge in [0.2, 0.25) is 0 Å². The van der Waals surface area contributed by atoms with Crippen molar-refractivity contribution < 1.29 is 4.39 Å². The summed E-state index contributed by atoms with van der Waals surface area (Å²) in [7, 11) is 0. The molecule has 0 unspecified atom stereocenters. The van der Waals surface area contributed by atoms with Crippen LogP contribution in [0, 0.1) is 19.7 Å². The molecule has 0 N–H and O–H groups in total. The number of hydrogen-bond donors (Lipinski definition) is 0. The van der Waals surface area contributed by atoms with Gasteiger partial charge in [-0.05, 0) is 37.6 Å². The Labute approximate surface area is 121 Å². The molecule has 0 radical (unpaired) electrons. The fourth-order valence-electron chi connectivity index (χ4n) is 2.53. The standard InChI is InChI=1S/C16H14ClFN2/c1-10-6-7-13(11(2)8-10)20-14-5-3-4-12(18)16(14)19-15(20)9-17/h3-8H,9H2,1-2H3. The van der Waals surface area contributed by atoms with Crippen molar-refractivity contribution in [3.63, 3.8) is 0 Å². The average molecular weight is 289 g/mol. The van der Waals surface area contributed by atoms with E-state index in [0.29, 0.717) is 11.3 Å². The maximum absolute atomic E-state index is 13.9. The number of halogens is 2. The molecular weight excluding hydrogens is 275 g/mol. The van der Waals surface area contributed by atoms with Crippen molar-refractivity contribution in [2.24, 2.45) is 0 Å². The fraction of sp³-hybridized carbons (Fsp3) is 0.188. The zero-order valence-electron chi connectivity index (χ0n) is 11.3. The maximum Gasteiger partial charge on any atom is 0.151 e. The van der Waals surface area contributed by atoms with Crippen molar-refractivity contribution in [2.75, 3.05) is 0 Å². The van der Waals surface area contributed by atoms with E-state index >= 15 is 0 Å². The van der Waals surface area contributed by atoms with Crippen LogP contribution in [0.1, 0.15) is 17.0 Å². The lowest BCUT2D eigenvalue weighted by Crippen LogP contribution is -2.01. The van der Waals surface area contributed by atoms with Crippen LogP contribution in [0.4, 0.5) is 4.39 Å². The van der Waals surface area contributed by atoms with Gasteiger partial charge in [0.05, 0.1) is 17.1 Å². The highest BCUT2D eigenvalue weighted by Gasteiger charge is 2.15. The smallest absolute Gasteiger partial charge is 0.151 e. The zero-order chi connectivity index (χ0) is 14.3. The number of alkyl halides is 1. The Morgan fingerprint density at radius 1 is 1.20 bits per heavy atom. The maximum atomic E-state index is 13.9. The molecule has 102 valence electrons. The molecule has 0 saturated carbocycles. The molecule has 20 heavy (non-hydrogen) atoms. The van der Waals surface area contributed by atoms with Gasteiger partial charge in [-0.25, -0.2) is 9.37 Å². The van der Waals surface area contributed by atoms with Gasteiger partial charge in [-0.1, -0.05) is 23.8 Å². The topological polar surface area (TPSA) is 17.8 Å². The van der Waals surface area contributed by atoms with E-state index in [0.717, 1.165) is 16.8 Å². The van der Waals surface area contributed by atoms with Crippen molar-refractivity contribution in [1.29, 1.82) is 0 Å². The lowest BCUT2D eigenvalue weighted by molar-refractivity contribution is 0.637. The van der Waals surface area contributed by atoms with Crippen molar-refractivity contribution in [1.82, 2.24) is 9.55 Å². The quantitative estimate of drug-likeness (QED) is 0.634. The molecule has 4 heteroatoms. The van der Waals surface area contributed by atoms with E-state index in [1.807, 2.05) is 36.6 Å². The first-order valence-electron chi connectivity index (χ1n) is 6.41. The number of hydrogen-bond acceptors (Lipinski definition) is 1. The highest BCUT2D eigenvalue weighted by molar-refractivity contribution is 6.17. The largest absolute Gasteiger partial charge is 0.295 e. The van der Waals surface area contributed by atoms with Crippen LogP contribution < -0.4 is 0 Å². The molecule has 0 aliphatic heterocycles.